The Bertz CT molecular complexity index is 35.9. The summed E-state index contributed by atoms with van der Waals surface area (Å²) in [5.41, 5.74) is 0. The molecule has 0 spiro atoms. The first-order valence-corrected chi connectivity index (χ1v) is 3.67. The summed E-state index contributed by atoms with van der Waals surface area (Å²) in [4.78, 5) is 0. The Morgan fingerprint density at radius 3 is 1.14 bits per heavy atom. The average molecular weight is 472 g/mol. The van der Waals surface area contributed by atoms with Crippen molar-refractivity contribution in [2.75, 3.05) is 0 Å². The van der Waals surface area contributed by atoms with Crippen molar-refractivity contribution in [3.05, 3.63) is 0 Å². The molecule has 7 heteroatoms. The Labute approximate surface area is 174 Å². The second-order valence-electron chi connectivity index (χ2n) is 0.224. The summed E-state index contributed by atoms with van der Waals surface area (Å²) in [6.07, 6.45) is 0. The van der Waals surface area contributed by atoms with E-state index in [1.54, 1.807) is 0 Å². The third-order valence-electron chi connectivity index (χ3n) is 0. The Morgan fingerprint density at radius 2 is 1.14 bits per heavy atom. The molecule has 0 saturated heterocycles. The molecule has 0 amide bonds. The quantitative estimate of drug-likeness (QED) is 0.330. The Balaban J connectivity index is -0.0000000150. The summed E-state index contributed by atoms with van der Waals surface area (Å²) in [6, 6.07) is 0. The monoisotopic (exact) mass is 471 g/mol. The van der Waals surface area contributed by atoms with Crippen LogP contribution in [0, 0.1) is 0 Å². The fourth-order valence-corrected chi connectivity index (χ4v) is 0. The summed E-state index contributed by atoms with van der Waals surface area (Å²) in [5.74, 6) is 0. The van der Waals surface area contributed by atoms with Crippen LogP contribution >= 0.6 is 12.4 Å². The molecule has 0 aliphatic rings. The van der Waals surface area contributed by atoms with Crippen LogP contribution in [0.4, 0.5) is 0 Å². The summed E-state index contributed by atoms with van der Waals surface area (Å²) in [6.45, 7) is 0. The molecule has 0 bridgehead atoms. The molecule has 0 heterocycles. The molecular weight excluding hydrogens is 471 g/mol. The normalized spacial score (nSPS) is 3.71. The zero-order chi connectivity index (χ0) is 3.58. The van der Waals surface area contributed by atoms with E-state index in [0.717, 1.165) is 0 Å². The summed E-state index contributed by atoms with van der Waals surface area (Å²) < 4.78 is 25.8. The third kappa shape index (κ3) is 35.9. The molecule has 0 aromatic rings. The van der Waals surface area contributed by atoms with Gasteiger partial charge in [0.1, 0.15) is 0 Å². The van der Waals surface area contributed by atoms with Crippen molar-refractivity contribution in [3.8, 4) is 0 Å². The van der Waals surface area contributed by atoms with Crippen LogP contribution in [0.5, 0.6) is 0 Å². The van der Waals surface area contributed by atoms with Crippen molar-refractivity contribution >= 4 is 33.4 Å². The summed E-state index contributed by atoms with van der Waals surface area (Å²) >= 11 is -4.20. The Hall–Kier alpha value is 4.93. The first-order valence-electron chi connectivity index (χ1n) is 0.548. The Morgan fingerprint density at radius 1 is 1.14 bits per heavy atom. The second kappa shape index (κ2) is 17.1. The minimum absolute atomic E-state index is 0. The van der Waals surface area contributed by atoms with E-state index in [4.69, 9.17) is 9.79 Å². The van der Waals surface area contributed by atoms with Crippen LogP contribution in [0.2, 0.25) is 0 Å². The molecule has 33 valence electrons. The molecule has 0 aromatic heterocycles. The van der Waals surface area contributed by atoms with Gasteiger partial charge in [0, 0.05) is 0 Å². The van der Waals surface area contributed by atoms with Crippen molar-refractivity contribution in [3.63, 3.8) is 0 Å². The van der Waals surface area contributed by atoms with Gasteiger partial charge in [0.25, 0.3) is 0 Å². The van der Waals surface area contributed by atoms with Crippen molar-refractivity contribution in [2.24, 2.45) is 0 Å². The van der Waals surface area contributed by atoms with E-state index < -0.39 is 21.0 Å². The molecule has 0 fully saturated rings. The van der Waals surface area contributed by atoms with Gasteiger partial charge in [0.15, 0.2) is 0 Å². The zero-order valence-electron chi connectivity index (χ0n) is 4.08. The van der Waals surface area contributed by atoms with Gasteiger partial charge in [-0.1, -0.05) is 0 Å². The second-order valence-corrected chi connectivity index (χ2v) is 1.50. The topological polar surface area (TPSA) is 63.2 Å². The predicted octanol–water partition coefficient (Wildman–Crippen LogP) is -8.45. The van der Waals surface area contributed by atoms with Gasteiger partial charge in [-0.25, -0.2) is 0 Å². The summed E-state index contributed by atoms with van der Waals surface area (Å²) in [7, 11) is 0. The van der Waals surface area contributed by atoms with Gasteiger partial charge < -0.3 is 0 Å². The third-order valence-corrected chi connectivity index (χ3v) is 0. The molecule has 1 radical (unpaired) electrons. The molecule has 0 aliphatic carbocycles. The molecule has 0 atom stereocenters. The van der Waals surface area contributed by atoms with E-state index in [1.165, 1.54) is 0 Å². The van der Waals surface area contributed by atoms with Crippen LogP contribution in [0.1, 0.15) is 0 Å². The van der Waals surface area contributed by atoms with Crippen LogP contribution in [0.15, 0.2) is 0 Å². The van der Waals surface area contributed by atoms with E-state index in [1.807, 2.05) is 0 Å². The van der Waals surface area contributed by atoms with Gasteiger partial charge in [-0.15, -0.1) is 12.4 Å². The van der Waals surface area contributed by atoms with E-state index in [0.29, 0.717) is 0 Å². The van der Waals surface area contributed by atoms with Gasteiger partial charge in [-0.3, -0.25) is 0 Å². The van der Waals surface area contributed by atoms with E-state index in [-0.39, 0.29) is 150 Å². The van der Waals surface area contributed by atoms with Gasteiger partial charge in [-0.05, 0) is 0 Å². The first kappa shape index (κ1) is 22.7. The number of halogens is 1. The summed E-state index contributed by atoms with van der Waals surface area (Å²) in [5, 5.41) is 0. The Kier molecular flexibility index (Phi) is 55.5. The van der Waals surface area contributed by atoms with Crippen LogP contribution in [-0.4, -0.2) is 21.0 Å². The number of hydrogen-bond donors (Lipinski definition) is 0. The molecule has 0 unspecified atom stereocenters. The van der Waals surface area contributed by atoms with Crippen molar-refractivity contribution < 1.29 is 148 Å². The molecular formula is HClCs2O3Sb. The minimum atomic E-state index is -4.20. The van der Waals surface area contributed by atoms with Gasteiger partial charge in [0.05, 0.1) is 0 Å². The van der Waals surface area contributed by atoms with Crippen molar-refractivity contribution in [1.82, 2.24) is 0 Å². The molecule has 0 saturated carbocycles. The van der Waals surface area contributed by atoms with E-state index >= 15 is 0 Å². The standard InChI is InChI=1S/ClH.2Cs.3O.Sb/h1H;;;;;;/q;2*+1;;2*-1;. The van der Waals surface area contributed by atoms with Crippen LogP contribution < -0.4 is 145 Å². The number of hydrogen-bond acceptors (Lipinski definition) is 3. The zero-order valence-corrected chi connectivity index (χ0v) is 20.0. The van der Waals surface area contributed by atoms with Crippen LogP contribution in [0.3, 0.4) is 0 Å². The fourth-order valence-electron chi connectivity index (χ4n) is 0. The SMILES string of the molecule is Cl.[Cs+].[Cs+].[O]=[Sb]([O-])[O-]. The molecule has 0 aromatic carbocycles. The maximum atomic E-state index is 8.60. The van der Waals surface area contributed by atoms with E-state index in [2.05, 4.69) is 0 Å². The van der Waals surface area contributed by atoms with E-state index in [9.17, 15) is 0 Å². The fraction of sp³-hybridized carbons (Fsp3) is 0. The molecule has 0 aliphatic heterocycles. The van der Waals surface area contributed by atoms with Gasteiger partial charge >= 0.3 is 169 Å². The average Bonchev–Trinajstić information content (AvgIpc) is 0.811. The predicted molar refractivity (Wildman–Crippen MR) is 13.7 cm³/mol. The number of rotatable bonds is 0. The maximum absolute atomic E-state index is 8.60. The molecule has 0 N–H and O–H groups in total. The molecule has 7 heavy (non-hydrogen) atoms. The van der Waals surface area contributed by atoms with Crippen LogP contribution in [-0.2, 0) is 3.02 Å². The van der Waals surface area contributed by atoms with Gasteiger partial charge in [0.2, 0.25) is 0 Å². The molecule has 3 nitrogen and oxygen atoms in total. The van der Waals surface area contributed by atoms with Gasteiger partial charge in [-0.2, -0.15) is 0 Å². The van der Waals surface area contributed by atoms with Crippen molar-refractivity contribution in [2.45, 2.75) is 0 Å². The van der Waals surface area contributed by atoms with Crippen molar-refractivity contribution in [1.29, 1.82) is 0 Å². The molecule has 0 rings (SSSR count). The first-order chi connectivity index (χ1) is 1.73. The van der Waals surface area contributed by atoms with Crippen LogP contribution in [0.25, 0.3) is 0 Å².